The predicted molar refractivity (Wildman–Crippen MR) is 248 cm³/mol. The zero-order valence-electron chi connectivity index (χ0n) is 32.1. The van der Waals surface area contributed by atoms with E-state index in [0.717, 1.165) is 29.1 Å². The van der Waals surface area contributed by atoms with Crippen LogP contribution in [0.15, 0.2) is 245 Å². The Hall–Kier alpha value is -6.11. The molecule has 0 aliphatic heterocycles. The normalized spacial score (nSPS) is 11.8. The Bertz CT molecular complexity index is 2470. The maximum Gasteiger partial charge on any atom is 0.0715 e. The summed E-state index contributed by atoms with van der Waals surface area (Å²) in [5.41, 5.74) is 5.15. The lowest BCUT2D eigenvalue weighted by Gasteiger charge is -2.27. The Morgan fingerprint density at radius 2 is 0.649 bits per heavy atom. The van der Waals surface area contributed by atoms with Crippen molar-refractivity contribution in [2.75, 3.05) is 6.54 Å². The molecule has 0 spiro atoms. The predicted octanol–water partition coefficient (Wildman–Crippen LogP) is 11.4. The molecule has 278 valence electrons. The standard InChI is InChI=1S/C52H45N3P2/c1-42(50-37-21-23-39-52(50)55-57(47-31-14-5-15-32-47,48-33-16-6-17-34-48)49-35-18-7-19-36-49)53-41-40-43-24-20-22-38-51(43)54-56(44-25-8-2-9-26-44,45-27-10-3-11-28-45)46-29-12-4-13-30-46/h2-39H,40-41H2,1H3. The smallest absolute Gasteiger partial charge is 0.0715 e. The third-order valence-corrected chi connectivity index (χ3v) is 17.6. The Morgan fingerprint density at radius 3 is 1.04 bits per heavy atom. The van der Waals surface area contributed by atoms with Crippen LogP contribution in [-0.2, 0) is 6.42 Å². The van der Waals surface area contributed by atoms with Gasteiger partial charge in [-0.15, -0.1) is 0 Å². The SMILES string of the molecule is CC(=NCCc1ccccc1N=P(c1ccccc1)(c1ccccc1)c1ccccc1)c1ccccc1N=P(c1ccccc1)(c1ccccc1)c1ccccc1. The molecular formula is C52H45N3P2. The molecule has 0 saturated carbocycles. The number of nitrogens with zero attached hydrogens (tertiary/aromatic N) is 3. The second-order valence-electron chi connectivity index (χ2n) is 13.8. The highest BCUT2D eigenvalue weighted by atomic mass is 31.2. The molecule has 0 unspecified atom stereocenters. The first-order valence-electron chi connectivity index (χ1n) is 19.5. The lowest BCUT2D eigenvalue weighted by molar-refractivity contribution is 0.967. The Morgan fingerprint density at radius 1 is 0.351 bits per heavy atom. The first-order valence-corrected chi connectivity index (χ1v) is 22.9. The molecule has 3 nitrogen and oxygen atoms in total. The number of hydrogen-bond donors (Lipinski definition) is 0. The van der Waals surface area contributed by atoms with Crippen LogP contribution in [0.2, 0.25) is 0 Å². The van der Waals surface area contributed by atoms with Crippen LogP contribution >= 0.6 is 14.1 Å². The van der Waals surface area contributed by atoms with Gasteiger partial charge in [0.25, 0.3) is 0 Å². The van der Waals surface area contributed by atoms with Crippen molar-refractivity contribution in [3.63, 3.8) is 0 Å². The maximum atomic E-state index is 5.85. The van der Waals surface area contributed by atoms with Crippen LogP contribution in [0.5, 0.6) is 0 Å². The highest BCUT2D eigenvalue weighted by Crippen LogP contribution is 2.51. The van der Waals surface area contributed by atoms with E-state index in [1.165, 1.54) is 37.4 Å². The van der Waals surface area contributed by atoms with Gasteiger partial charge in [0.15, 0.2) is 0 Å². The Labute approximate surface area is 337 Å². The monoisotopic (exact) mass is 773 g/mol. The van der Waals surface area contributed by atoms with E-state index in [0.29, 0.717) is 6.54 Å². The van der Waals surface area contributed by atoms with Crippen LogP contribution in [-0.4, -0.2) is 12.3 Å². The van der Waals surface area contributed by atoms with Crippen LogP contribution in [0.3, 0.4) is 0 Å². The summed E-state index contributed by atoms with van der Waals surface area (Å²) >= 11 is 0. The third kappa shape index (κ3) is 7.96. The molecular weight excluding hydrogens is 729 g/mol. The molecule has 5 heteroatoms. The summed E-state index contributed by atoms with van der Waals surface area (Å²) in [5, 5.41) is 7.33. The van der Waals surface area contributed by atoms with Crippen molar-refractivity contribution in [2.45, 2.75) is 13.3 Å². The summed E-state index contributed by atoms with van der Waals surface area (Å²) in [6.07, 6.45) is 0.754. The van der Waals surface area contributed by atoms with Gasteiger partial charge in [-0.2, -0.15) is 0 Å². The van der Waals surface area contributed by atoms with Crippen molar-refractivity contribution in [2.24, 2.45) is 14.5 Å². The summed E-state index contributed by atoms with van der Waals surface area (Å²) in [4.78, 5) is 5.25. The zero-order valence-corrected chi connectivity index (χ0v) is 33.9. The number of benzene rings is 8. The molecule has 0 fully saturated rings. The highest BCUT2D eigenvalue weighted by molar-refractivity contribution is 7.88. The summed E-state index contributed by atoms with van der Waals surface area (Å²) in [6, 6.07) is 81.9. The molecule has 0 N–H and O–H groups in total. The summed E-state index contributed by atoms with van der Waals surface area (Å²) < 4.78 is 11.7. The average Bonchev–Trinajstić information content (AvgIpc) is 3.30. The van der Waals surface area contributed by atoms with Crippen molar-refractivity contribution in [1.82, 2.24) is 0 Å². The molecule has 8 aromatic rings. The molecule has 0 heterocycles. The zero-order chi connectivity index (χ0) is 38.8. The van der Waals surface area contributed by atoms with Crippen molar-refractivity contribution < 1.29 is 0 Å². The number of rotatable bonds is 12. The van der Waals surface area contributed by atoms with Crippen LogP contribution < -0.4 is 31.8 Å². The van der Waals surface area contributed by atoms with E-state index in [1.54, 1.807) is 0 Å². The molecule has 0 aliphatic carbocycles. The van der Waals surface area contributed by atoms with Crippen molar-refractivity contribution in [1.29, 1.82) is 0 Å². The Balaban J connectivity index is 1.21. The van der Waals surface area contributed by atoms with E-state index in [-0.39, 0.29) is 0 Å². The second-order valence-corrected chi connectivity index (χ2v) is 19.9. The molecule has 0 radical (unpaired) electrons. The van der Waals surface area contributed by atoms with Gasteiger partial charge in [-0.05, 0) is 31.0 Å². The van der Waals surface area contributed by atoms with Gasteiger partial charge in [0, 0.05) is 49.6 Å². The average molecular weight is 774 g/mol. The molecule has 0 amide bonds. The largest absolute Gasteiger partial charge is 0.289 e. The topological polar surface area (TPSA) is 37.1 Å². The Kier molecular flexibility index (Phi) is 11.8. The summed E-state index contributed by atoms with van der Waals surface area (Å²) in [7, 11) is -4.88. The van der Waals surface area contributed by atoms with Crippen molar-refractivity contribution in [3.05, 3.63) is 242 Å². The fourth-order valence-corrected chi connectivity index (χ4v) is 14.7. The summed E-state index contributed by atoms with van der Waals surface area (Å²) in [6.45, 7) is 2.74. The molecule has 0 bridgehead atoms. The minimum absolute atomic E-state index is 0.622. The highest BCUT2D eigenvalue weighted by Gasteiger charge is 2.29. The molecule has 8 aromatic carbocycles. The lowest BCUT2D eigenvalue weighted by Crippen LogP contribution is -2.25. The van der Waals surface area contributed by atoms with E-state index in [4.69, 9.17) is 14.5 Å². The van der Waals surface area contributed by atoms with Crippen molar-refractivity contribution >= 4 is 63.0 Å². The number of aliphatic imine (C=N–C) groups is 1. The third-order valence-electron chi connectivity index (χ3n) is 10.3. The lowest BCUT2D eigenvalue weighted by atomic mass is 10.1. The van der Waals surface area contributed by atoms with E-state index in [2.05, 4.69) is 237 Å². The molecule has 8 rings (SSSR count). The van der Waals surface area contributed by atoms with Gasteiger partial charge >= 0.3 is 0 Å². The quantitative estimate of drug-likeness (QED) is 0.0876. The van der Waals surface area contributed by atoms with Gasteiger partial charge in [-0.1, -0.05) is 218 Å². The van der Waals surface area contributed by atoms with E-state index >= 15 is 0 Å². The van der Waals surface area contributed by atoms with Gasteiger partial charge in [0.2, 0.25) is 0 Å². The van der Waals surface area contributed by atoms with E-state index < -0.39 is 14.1 Å². The van der Waals surface area contributed by atoms with Gasteiger partial charge in [-0.3, -0.25) is 14.5 Å². The first-order chi connectivity index (χ1) is 28.2. The molecule has 0 atom stereocenters. The summed E-state index contributed by atoms with van der Waals surface area (Å²) in [5.74, 6) is 0. The fraction of sp³-hybridized carbons (Fsp3) is 0.0577. The molecule has 57 heavy (non-hydrogen) atoms. The maximum absolute atomic E-state index is 5.85. The van der Waals surface area contributed by atoms with Gasteiger partial charge in [0.05, 0.1) is 25.5 Å². The van der Waals surface area contributed by atoms with E-state index in [9.17, 15) is 0 Å². The minimum atomic E-state index is -2.46. The van der Waals surface area contributed by atoms with Crippen LogP contribution in [0.25, 0.3) is 0 Å². The first kappa shape index (κ1) is 37.8. The fourth-order valence-electron chi connectivity index (χ4n) is 7.54. The van der Waals surface area contributed by atoms with Crippen LogP contribution in [0, 0.1) is 0 Å². The number of hydrogen-bond acceptors (Lipinski definition) is 3. The molecule has 0 saturated heterocycles. The minimum Gasteiger partial charge on any atom is -0.289 e. The van der Waals surface area contributed by atoms with Gasteiger partial charge in [-0.25, -0.2) is 0 Å². The van der Waals surface area contributed by atoms with Gasteiger partial charge < -0.3 is 0 Å². The second kappa shape index (κ2) is 17.8. The van der Waals surface area contributed by atoms with Crippen LogP contribution in [0.1, 0.15) is 18.1 Å². The molecule has 0 aliphatic rings. The van der Waals surface area contributed by atoms with Gasteiger partial charge in [0.1, 0.15) is 0 Å². The molecule has 0 aromatic heterocycles. The van der Waals surface area contributed by atoms with Crippen LogP contribution in [0.4, 0.5) is 11.4 Å². The van der Waals surface area contributed by atoms with E-state index in [1.807, 2.05) is 0 Å². The van der Waals surface area contributed by atoms with Crippen molar-refractivity contribution in [3.8, 4) is 0 Å².